The van der Waals surface area contributed by atoms with E-state index >= 15 is 0 Å². The lowest BCUT2D eigenvalue weighted by atomic mass is 9.85. The fraction of sp³-hybridized carbons (Fsp3) is 0.750. The number of likely N-dealkylation sites (tertiary alicyclic amines) is 1. The second kappa shape index (κ2) is 6.51. The average Bonchev–Trinajstić information content (AvgIpc) is 2.27. The van der Waals surface area contributed by atoms with Crippen molar-refractivity contribution in [1.82, 2.24) is 10.2 Å². The molecule has 1 amide bonds. The molecule has 0 aromatic rings. The van der Waals surface area contributed by atoms with Crippen molar-refractivity contribution in [3.63, 3.8) is 0 Å². The first kappa shape index (κ1) is 15.4. The minimum Gasteiger partial charge on any atom is -0.481 e. The lowest BCUT2D eigenvalue weighted by Crippen LogP contribution is -2.49. The van der Waals surface area contributed by atoms with Gasteiger partial charge in [0.15, 0.2) is 0 Å². The van der Waals surface area contributed by atoms with Crippen LogP contribution in [0.3, 0.4) is 0 Å². The number of amides is 1. The quantitative estimate of drug-likeness (QED) is 0.629. The second-order valence-electron chi connectivity index (χ2n) is 5.14. The number of nitrogens with one attached hydrogen (secondary N) is 1. The Morgan fingerprint density at radius 1 is 1.21 bits per heavy atom. The van der Waals surface area contributed by atoms with E-state index in [0.29, 0.717) is 6.54 Å². The van der Waals surface area contributed by atoms with E-state index in [1.54, 1.807) is 4.90 Å². The molecular formula is C12H20N2O5. The molecule has 7 heteroatoms. The number of rotatable bonds is 5. The Bertz CT molecular complexity index is 369. The number of nitrogens with zero attached hydrogens (tertiary/aromatic N) is 1. The molecule has 7 nitrogen and oxygen atoms in total. The monoisotopic (exact) mass is 272 g/mol. The van der Waals surface area contributed by atoms with Gasteiger partial charge in [-0.25, -0.2) is 0 Å². The third-order valence-electron chi connectivity index (χ3n) is 3.15. The highest BCUT2D eigenvalue weighted by Crippen LogP contribution is 2.24. The van der Waals surface area contributed by atoms with Crippen molar-refractivity contribution in [2.45, 2.75) is 26.3 Å². The van der Waals surface area contributed by atoms with Crippen LogP contribution in [0, 0.1) is 11.8 Å². The van der Waals surface area contributed by atoms with Crippen molar-refractivity contribution >= 4 is 17.8 Å². The van der Waals surface area contributed by atoms with Crippen LogP contribution in [-0.4, -0.2) is 58.6 Å². The van der Waals surface area contributed by atoms with Crippen molar-refractivity contribution in [2.75, 3.05) is 19.6 Å². The molecule has 3 N–H and O–H groups in total. The SMILES string of the molecule is CC(C)NC(=O)CN1CCC(C(=O)O)C(C(=O)O)C1. The number of carbonyl (C=O) groups excluding carboxylic acids is 1. The molecule has 0 radical (unpaired) electrons. The second-order valence-corrected chi connectivity index (χ2v) is 5.14. The third-order valence-corrected chi connectivity index (χ3v) is 3.15. The molecule has 0 aromatic carbocycles. The Morgan fingerprint density at radius 2 is 1.79 bits per heavy atom. The van der Waals surface area contributed by atoms with E-state index in [2.05, 4.69) is 5.32 Å². The van der Waals surface area contributed by atoms with Crippen LogP contribution in [0.25, 0.3) is 0 Å². The molecule has 108 valence electrons. The van der Waals surface area contributed by atoms with E-state index in [1.807, 2.05) is 13.8 Å². The zero-order valence-corrected chi connectivity index (χ0v) is 11.1. The van der Waals surface area contributed by atoms with Gasteiger partial charge in [0.1, 0.15) is 0 Å². The van der Waals surface area contributed by atoms with E-state index in [1.165, 1.54) is 0 Å². The largest absolute Gasteiger partial charge is 0.481 e. The van der Waals surface area contributed by atoms with Crippen molar-refractivity contribution in [3.05, 3.63) is 0 Å². The van der Waals surface area contributed by atoms with Gasteiger partial charge in [0.2, 0.25) is 5.91 Å². The van der Waals surface area contributed by atoms with Gasteiger partial charge in [0, 0.05) is 12.6 Å². The maximum absolute atomic E-state index is 11.6. The molecule has 0 aromatic heterocycles. The first-order valence-electron chi connectivity index (χ1n) is 6.28. The van der Waals surface area contributed by atoms with Crippen molar-refractivity contribution in [3.8, 4) is 0 Å². The van der Waals surface area contributed by atoms with Gasteiger partial charge in [-0.3, -0.25) is 19.3 Å². The van der Waals surface area contributed by atoms with E-state index in [-0.39, 0.29) is 31.5 Å². The number of hydrogen-bond acceptors (Lipinski definition) is 4. The molecule has 0 aliphatic carbocycles. The van der Waals surface area contributed by atoms with E-state index < -0.39 is 23.8 Å². The summed E-state index contributed by atoms with van der Waals surface area (Å²) in [5, 5.41) is 20.8. The van der Waals surface area contributed by atoms with Gasteiger partial charge >= 0.3 is 11.9 Å². The van der Waals surface area contributed by atoms with Gasteiger partial charge in [-0.1, -0.05) is 0 Å². The lowest BCUT2D eigenvalue weighted by Gasteiger charge is -2.34. The highest BCUT2D eigenvalue weighted by atomic mass is 16.4. The topological polar surface area (TPSA) is 107 Å². The lowest BCUT2D eigenvalue weighted by molar-refractivity contribution is -0.157. The molecule has 1 aliphatic heterocycles. The van der Waals surface area contributed by atoms with Crippen molar-refractivity contribution in [2.24, 2.45) is 11.8 Å². The Kier molecular flexibility index (Phi) is 5.29. The van der Waals surface area contributed by atoms with E-state index in [4.69, 9.17) is 10.2 Å². The van der Waals surface area contributed by atoms with Gasteiger partial charge in [-0.2, -0.15) is 0 Å². The predicted octanol–water partition coefficient (Wildman–Crippen LogP) is -0.382. The number of carboxylic acid groups (broad SMARTS) is 2. The molecule has 19 heavy (non-hydrogen) atoms. The summed E-state index contributed by atoms with van der Waals surface area (Å²) in [5.41, 5.74) is 0. The summed E-state index contributed by atoms with van der Waals surface area (Å²) in [7, 11) is 0. The number of carboxylic acids is 2. The number of piperidine rings is 1. The normalized spacial score (nSPS) is 24.2. The summed E-state index contributed by atoms with van der Waals surface area (Å²) in [6, 6.07) is 0.0272. The summed E-state index contributed by atoms with van der Waals surface area (Å²) in [6.07, 6.45) is 0.251. The molecule has 2 atom stereocenters. The average molecular weight is 272 g/mol. The van der Waals surface area contributed by atoms with E-state index in [0.717, 1.165) is 0 Å². The summed E-state index contributed by atoms with van der Waals surface area (Å²) in [5.74, 6) is -4.21. The first-order valence-corrected chi connectivity index (χ1v) is 6.28. The van der Waals surface area contributed by atoms with Crippen LogP contribution >= 0.6 is 0 Å². The van der Waals surface area contributed by atoms with Gasteiger partial charge < -0.3 is 15.5 Å². The number of aliphatic carboxylic acids is 2. The summed E-state index contributed by atoms with van der Waals surface area (Å²) < 4.78 is 0. The van der Waals surface area contributed by atoms with Crippen LogP contribution in [-0.2, 0) is 14.4 Å². The standard InChI is InChI=1S/C12H20N2O5/c1-7(2)13-10(15)6-14-4-3-8(11(16)17)9(5-14)12(18)19/h7-9H,3-6H2,1-2H3,(H,13,15)(H,16,17)(H,18,19). The number of carbonyl (C=O) groups is 3. The maximum atomic E-state index is 11.6. The summed E-state index contributed by atoms with van der Waals surface area (Å²) in [6.45, 7) is 4.31. The molecule has 0 spiro atoms. The zero-order valence-electron chi connectivity index (χ0n) is 11.1. The Balaban J connectivity index is 2.59. The minimum atomic E-state index is -1.12. The highest BCUT2D eigenvalue weighted by molar-refractivity contribution is 5.81. The molecule has 0 saturated carbocycles. The van der Waals surface area contributed by atoms with E-state index in [9.17, 15) is 14.4 Å². The van der Waals surface area contributed by atoms with Gasteiger partial charge in [0.25, 0.3) is 0 Å². The fourth-order valence-corrected chi connectivity index (χ4v) is 2.28. The first-order chi connectivity index (χ1) is 8.81. The zero-order chi connectivity index (χ0) is 14.6. The third kappa shape index (κ3) is 4.51. The molecule has 1 aliphatic rings. The summed E-state index contributed by atoms with van der Waals surface area (Å²) in [4.78, 5) is 35.4. The molecular weight excluding hydrogens is 252 g/mol. The maximum Gasteiger partial charge on any atom is 0.308 e. The smallest absolute Gasteiger partial charge is 0.308 e. The van der Waals surface area contributed by atoms with Gasteiger partial charge in [-0.05, 0) is 26.8 Å². The Morgan fingerprint density at radius 3 is 2.26 bits per heavy atom. The van der Waals surface area contributed by atoms with Crippen molar-refractivity contribution < 1.29 is 24.6 Å². The molecule has 0 bridgehead atoms. The minimum absolute atomic E-state index is 0.0272. The van der Waals surface area contributed by atoms with Crippen LogP contribution in [0.15, 0.2) is 0 Å². The fourth-order valence-electron chi connectivity index (χ4n) is 2.28. The van der Waals surface area contributed by atoms with Gasteiger partial charge in [-0.15, -0.1) is 0 Å². The Labute approximate surface area is 111 Å². The molecule has 1 fully saturated rings. The predicted molar refractivity (Wildman–Crippen MR) is 66.6 cm³/mol. The van der Waals surface area contributed by atoms with Crippen LogP contribution in [0.5, 0.6) is 0 Å². The van der Waals surface area contributed by atoms with Crippen LogP contribution in [0.2, 0.25) is 0 Å². The molecule has 2 unspecified atom stereocenters. The van der Waals surface area contributed by atoms with Crippen LogP contribution < -0.4 is 5.32 Å². The Hall–Kier alpha value is -1.63. The number of hydrogen-bond donors (Lipinski definition) is 3. The van der Waals surface area contributed by atoms with Crippen molar-refractivity contribution in [1.29, 1.82) is 0 Å². The van der Waals surface area contributed by atoms with Gasteiger partial charge in [0.05, 0.1) is 18.4 Å². The molecule has 1 heterocycles. The molecule has 1 rings (SSSR count). The highest BCUT2D eigenvalue weighted by Gasteiger charge is 2.38. The molecule has 1 saturated heterocycles. The summed E-state index contributed by atoms with van der Waals surface area (Å²) >= 11 is 0. The van der Waals surface area contributed by atoms with Crippen LogP contribution in [0.1, 0.15) is 20.3 Å². The van der Waals surface area contributed by atoms with Crippen LogP contribution in [0.4, 0.5) is 0 Å².